The van der Waals surface area contributed by atoms with Crippen LogP contribution in [-0.2, 0) is 18.0 Å². The van der Waals surface area contributed by atoms with Crippen LogP contribution in [0.1, 0.15) is 34.3 Å². The summed E-state index contributed by atoms with van der Waals surface area (Å²) in [6, 6.07) is 27.1. The second-order valence-corrected chi connectivity index (χ2v) is 8.23. The predicted octanol–water partition coefficient (Wildman–Crippen LogP) is 4.93. The molecule has 1 heterocycles. The molecule has 1 fully saturated rings. The summed E-state index contributed by atoms with van der Waals surface area (Å²) >= 11 is 0. The zero-order valence-corrected chi connectivity index (χ0v) is 18.5. The van der Waals surface area contributed by atoms with E-state index in [0.717, 1.165) is 42.8 Å². The highest BCUT2D eigenvalue weighted by molar-refractivity contribution is 5.93. The molecule has 3 aromatic rings. The van der Waals surface area contributed by atoms with Crippen molar-refractivity contribution in [3.05, 3.63) is 102 Å². The number of hydroxylamine groups is 2. The number of rotatable bonds is 8. The van der Waals surface area contributed by atoms with E-state index in [1.807, 2.05) is 72.8 Å². The van der Waals surface area contributed by atoms with E-state index in [0.29, 0.717) is 18.7 Å². The van der Waals surface area contributed by atoms with Gasteiger partial charge in [-0.1, -0.05) is 60.7 Å². The molecular weight excluding hydrogens is 400 g/mol. The molecule has 0 saturated carbocycles. The molecule has 1 amide bonds. The van der Waals surface area contributed by atoms with E-state index < -0.39 is 0 Å². The van der Waals surface area contributed by atoms with E-state index in [1.165, 1.54) is 5.06 Å². The minimum absolute atomic E-state index is 0.164. The third-order valence-electron chi connectivity index (χ3n) is 5.67. The van der Waals surface area contributed by atoms with Crippen LogP contribution in [0.4, 0.5) is 0 Å². The lowest BCUT2D eigenvalue weighted by Crippen LogP contribution is -2.35. The second-order valence-electron chi connectivity index (χ2n) is 8.23. The number of nitrogens with zero attached hydrogens (tertiary/aromatic N) is 2. The maximum atomic E-state index is 13.2. The van der Waals surface area contributed by atoms with Crippen molar-refractivity contribution in [2.24, 2.45) is 0 Å². The molecule has 0 aliphatic carbocycles. The van der Waals surface area contributed by atoms with E-state index in [9.17, 15) is 4.79 Å². The average Bonchev–Trinajstić information content (AvgIpc) is 2.84. The molecule has 1 saturated heterocycles. The molecule has 0 radical (unpaired) electrons. The van der Waals surface area contributed by atoms with E-state index in [2.05, 4.69) is 11.9 Å². The number of hydrogen-bond donors (Lipinski definition) is 0. The van der Waals surface area contributed by atoms with Gasteiger partial charge in [0.2, 0.25) is 0 Å². The van der Waals surface area contributed by atoms with E-state index in [1.54, 1.807) is 12.1 Å². The van der Waals surface area contributed by atoms with Crippen LogP contribution in [-0.4, -0.2) is 42.1 Å². The van der Waals surface area contributed by atoms with Gasteiger partial charge in [0.05, 0.1) is 6.54 Å². The van der Waals surface area contributed by atoms with Crippen molar-refractivity contribution >= 4 is 5.91 Å². The first kappa shape index (κ1) is 22.1. The second kappa shape index (κ2) is 10.9. The predicted molar refractivity (Wildman–Crippen MR) is 125 cm³/mol. The Labute approximate surface area is 190 Å². The van der Waals surface area contributed by atoms with Gasteiger partial charge in [0.25, 0.3) is 5.91 Å². The number of hydrogen-bond acceptors (Lipinski definition) is 4. The summed E-state index contributed by atoms with van der Waals surface area (Å²) in [7, 11) is 2.14. The van der Waals surface area contributed by atoms with Crippen LogP contribution in [0.15, 0.2) is 84.9 Å². The molecule has 32 heavy (non-hydrogen) atoms. The minimum atomic E-state index is -0.164. The van der Waals surface area contributed by atoms with E-state index in [-0.39, 0.29) is 12.0 Å². The zero-order valence-electron chi connectivity index (χ0n) is 18.5. The van der Waals surface area contributed by atoms with Gasteiger partial charge in [0, 0.05) is 18.7 Å². The molecule has 1 aliphatic heterocycles. The smallest absolute Gasteiger partial charge is 0.277 e. The topological polar surface area (TPSA) is 42.0 Å². The number of benzene rings is 3. The van der Waals surface area contributed by atoms with Gasteiger partial charge >= 0.3 is 0 Å². The van der Waals surface area contributed by atoms with Gasteiger partial charge in [-0.25, -0.2) is 5.06 Å². The first-order valence-electron chi connectivity index (χ1n) is 11.2. The maximum absolute atomic E-state index is 13.2. The van der Waals surface area contributed by atoms with Gasteiger partial charge in [-0.15, -0.1) is 0 Å². The summed E-state index contributed by atoms with van der Waals surface area (Å²) in [5.41, 5.74) is 2.57. The van der Waals surface area contributed by atoms with Crippen LogP contribution in [0.2, 0.25) is 0 Å². The number of carbonyl (C=O) groups is 1. The van der Waals surface area contributed by atoms with Crippen molar-refractivity contribution in [3.8, 4) is 5.75 Å². The molecular formula is C27H30N2O3. The maximum Gasteiger partial charge on any atom is 0.277 e. The van der Waals surface area contributed by atoms with Crippen LogP contribution >= 0.6 is 0 Å². The van der Waals surface area contributed by atoms with Gasteiger partial charge < -0.3 is 9.64 Å². The largest absolute Gasteiger partial charge is 0.490 e. The number of ether oxygens (including phenoxy) is 1. The van der Waals surface area contributed by atoms with Crippen LogP contribution in [0.5, 0.6) is 5.75 Å². The summed E-state index contributed by atoms with van der Waals surface area (Å²) in [6.07, 6.45) is 2.29. The Balaban J connectivity index is 1.46. The summed E-state index contributed by atoms with van der Waals surface area (Å²) in [5, 5.41) is 1.44. The van der Waals surface area contributed by atoms with E-state index in [4.69, 9.17) is 9.57 Å². The SMILES string of the molecule is CN1CCC(Oc2cccc(CN(OCc3ccccc3)C(=O)c3ccccc3)c2)CC1. The van der Waals surface area contributed by atoms with Gasteiger partial charge in [-0.2, -0.15) is 0 Å². The van der Waals surface area contributed by atoms with Crippen LogP contribution in [0.3, 0.4) is 0 Å². The Hall–Kier alpha value is -3.15. The molecule has 4 rings (SSSR count). The third-order valence-corrected chi connectivity index (χ3v) is 5.67. The van der Waals surface area contributed by atoms with Crippen LogP contribution < -0.4 is 4.74 Å². The van der Waals surface area contributed by atoms with Crippen LogP contribution in [0.25, 0.3) is 0 Å². The van der Waals surface area contributed by atoms with Crippen molar-refractivity contribution in [2.75, 3.05) is 20.1 Å². The molecule has 166 valence electrons. The fourth-order valence-corrected chi connectivity index (χ4v) is 3.81. The first-order valence-corrected chi connectivity index (χ1v) is 11.2. The summed E-state index contributed by atoms with van der Waals surface area (Å²) in [5.74, 6) is 0.676. The zero-order chi connectivity index (χ0) is 22.2. The number of likely N-dealkylation sites (tertiary alicyclic amines) is 1. The molecule has 5 heteroatoms. The molecule has 0 spiro atoms. The summed E-state index contributed by atoms with van der Waals surface area (Å²) in [6.45, 7) is 2.77. The van der Waals surface area contributed by atoms with Crippen molar-refractivity contribution in [3.63, 3.8) is 0 Å². The highest BCUT2D eigenvalue weighted by Crippen LogP contribution is 2.21. The van der Waals surface area contributed by atoms with Crippen molar-refractivity contribution in [1.82, 2.24) is 9.96 Å². The molecule has 5 nitrogen and oxygen atoms in total. The van der Waals surface area contributed by atoms with Crippen molar-refractivity contribution in [2.45, 2.75) is 32.1 Å². The fraction of sp³-hybridized carbons (Fsp3) is 0.296. The number of amides is 1. The lowest BCUT2D eigenvalue weighted by molar-refractivity contribution is -0.140. The quantitative estimate of drug-likeness (QED) is 0.475. The highest BCUT2D eigenvalue weighted by atomic mass is 16.7. The van der Waals surface area contributed by atoms with Crippen LogP contribution in [0, 0.1) is 0 Å². The van der Waals surface area contributed by atoms with Gasteiger partial charge in [0.1, 0.15) is 18.5 Å². The minimum Gasteiger partial charge on any atom is -0.490 e. The normalized spacial score (nSPS) is 14.8. The highest BCUT2D eigenvalue weighted by Gasteiger charge is 2.20. The molecule has 1 aliphatic rings. The standard InChI is InChI=1S/C27H30N2O3/c1-28-17-15-25(16-18-28)32-26-14-8-11-23(19-26)20-29(27(30)24-12-6-3-7-13-24)31-21-22-9-4-2-5-10-22/h2-14,19,25H,15-18,20-21H2,1H3. The van der Waals surface area contributed by atoms with Crippen molar-refractivity contribution in [1.29, 1.82) is 0 Å². The molecule has 0 N–H and O–H groups in total. The van der Waals surface area contributed by atoms with Gasteiger partial charge in [-0.3, -0.25) is 9.63 Å². The lowest BCUT2D eigenvalue weighted by atomic mass is 10.1. The van der Waals surface area contributed by atoms with Crippen molar-refractivity contribution < 1.29 is 14.4 Å². The van der Waals surface area contributed by atoms with Gasteiger partial charge in [0.15, 0.2) is 0 Å². The molecule has 3 aromatic carbocycles. The summed E-state index contributed by atoms with van der Waals surface area (Å²) in [4.78, 5) is 21.5. The fourth-order valence-electron chi connectivity index (χ4n) is 3.81. The molecule has 0 atom stereocenters. The Morgan fingerprint density at radius 1 is 0.906 bits per heavy atom. The first-order chi connectivity index (χ1) is 15.7. The van der Waals surface area contributed by atoms with E-state index >= 15 is 0 Å². The molecule has 0 aromatic heterocycles. The Morgan fingerprint density at radius 2 is 1.56 bits per heavy atom. The van der Waals surface area contributed by atoms with Gasteiger partial charge in [-0.05, 0) is 55.3 Å². The molecule has 0 bridgehead atoms. The Bertz CT molecular complexity index is 986. The summed E-state index contributed by atoms with van der Waals surface area (Å²) < 4.78 is 6.23. The Kier molecular flexibility index (Phi) is 7.54. The monoisotopic (exact) mass is 430 g/mol. The third kappa shape index (κ3) is 6.19. The molecule has 0 unspecified atom stereocenters. The lowest BCUT2D eigenvalue weighted by Gasteiger charge is -2.29. The Morgan fingerprint density at radius 3 is 2.28 bits per heavy atom. The number of piperidine rings is 1. The number of carbonyl (C=O) groups excluding carboxylic acids is 1. The average molecular weight is 431 g/mol.